The number of benzene rings is 1. The summed E-state index contributed by atoms with van der Waals surface area (Å²) in [6.07, 6.45) is 7.00. The summed E-state index contributed by atoms with van der Waals surface area (Å²) in [6.45, 7) is 1.99. The van der Waals surface area contributed by atoms with Gasteiger partial charge in [-0.25, -0.2) is 0 Å². The maximum absolute atomic E-state index is 11.9. The highest BCUT2D eigenvalue weighted by atomic mass is 16.5. The van der Waals surface area contributed by atoms with Crippen LogP contribution in [0.5, 0.6) is 5.75 Å². The van der Waals surface area contributed by atoms with Crippen LogP contribution in [0.4, 0.5) is 5.69 Å². The fraction of sp³-hybridized carbons (Fsp3) is 0.400. The Morgan fingerprint density at radius 2 is 2.33 bits per heavy atom. The van der Waals surface area contributed by atoms with Crippen molar-refractivity contribution in [1.29, 1.82) is 0 Å². The van der Waals surface area contributed by atoms with Crippen molar-refractivity contribution in [2.45, 2.75) is 26.2 Å². The largest absolute Gasteiger partial charge is 0.495 e. The normalized spacial score (nSPS) is 17.8. The van der Waals surface area contributed by atoms with Crippen LogP contribution in [0.25, 0.3) is 0 Å². The number of allylic oxidation sites excluding steroid dienone is 2. The lowest BCUT2D eigenvalue weighted by molar-refractivity contribution is -0.116. The number of aryl methyl sites for hydroxylation is 1. The van der Waals surface area contributed by atoms with E-state index in [0.717, 1.165) is 24.1 Å². The van der Waals surface area contributed by atoms with Gasteiger partial charge in [-0.15, -0.1) is 0 Å². The molecule has 0 unspecified atom stereocenters. The lowest BCUT2D eigenvalue weighted by Crippen LogP contribution is -2.15. The summed E-state index contributed by atoms with van der Waals surface area (Å²) in [5.41, 5.74) is 1.86. The van der Waals surface area contributed by atoms with E-state index in [9.17, 15) is 4.79 Å². The minimum Gasteiger partial charge on any atom is -0.495 e. The highest BCUT2D eigenvalue weighted by Gasteiger charge is 2.15. The van der Waals surface area contributed by atoms with Crippen LogP contribution in [0.1, 0.15) is 24.8 Å². The number of amides is 1. The third kappa shape index (κ3) is 3.13. The van der Waals surface area contributed by atoms with Gasteiger partial charge in [0.05, 0.1) is 12.8 Å². The second-order valence-corrected chi connectivity index (χ2v) is 4.72. The predicted molar refractivity (Wildman–Crippen MR) is 72.8 cm³/mol. The van der Waals surface area contributed by atoms with E-state index in [1.54, 1.807) is 7.11 Å². The third-order valence-electron chi connectivity index (χ3n) is 3.19. The Hall–Kier alpha value is -1.77. The first-order valence-electron chi connectivity index (χ1n) is 6.30. The highest BCUT2D eigenvalue weighted by molar-refractivity contribution is 5.92. The molecular weight excluding hydrogens is 226 g/mol. The number of anilines is 1. The topological polar surface area (TPSA) is 38.3 Å². The smallest absolute Gasteiger partial charge is 0.225 e. The Kier molecular flexibility index (Phi) is 4.03. The lowest BCUT2D eigenvalue weighted by atomic mass is 10.0. The number of methoxy groups -OCH3 is 1. The Morgan fingerprint density at radius 1 is 1.50 bits per heavy atom. The van der Waals surface area contributed by atoms with Crippen LogP contribution < -0.4 is 10.1 Å². The van der Waals surface area contributed by atoms with Crippen molar-refractivity contribution in [2.24, 2.45) is 5.92 Å². The zero-order valence-corrected chi connectivity index (χ0v) is 10.9. The average molecular weight is 245 g/mol. The summed E-state index contributed by atoms with van der Waals surface area (Å²) in [7, 11) is 1.61. The van der Waals surface area contributed by atoms with Crippen molar-refractivity contribution in [3.63, 3.8) is 0 Å². The molecule has 1 amide bonds. The van der Waals surface area contributed by atoms with Crippen LogP contribution in [0.15, 0.2) is 30.4 Å². The van der Waals surface area contributed by atoms with Crippen molar-refractivity contribution in [1.82, 2.24) is 0 Å². The number of carbonyl (C=O) groups is 1. The van der Waals surface area contributed by atoms with Crippen molar-refractivity contribution in [3.8, 4) is 5.75 Å². The quantitative estimate of drug-likeness (QED) is 0.826. The molecule has 3 nitrogen and oxygen atoms in total. The van der Waals surface area contributed by atoms with Gasteiger partial charge in [-0.2, -0.15) is 0 Å². The van der Waals surface area contributed by atoms with Gasteiger partial charge in [0.2, 0.25) is 5.91 Å². The maximum atomic E-state index is 11.9. The van der Waals surface area contributed by atoms with Gasteiger partial charge in [-0.1, -0.05) is 18.2 Å². The molecule has 0 saturated heterocycles. The molecule has 0 saturated carbocycles. The molecule has 0 radical (unpaired) electrons. The summed E-state index contributed by atoms with van der Waals surface area (Å²) >= 11 is 0. The number of carbonyl (C=O) groups excluding carboxylic acids is 1. The first-order valence-corrected chi connectivity index (χ1v) is 6.30. The summed E-state index contributed by atoms with van der Waals surface area (Å²) in [5, 5.41) is 2.93. The molecule has 96 valence electrons. The zero-order chi connectivity index (χ0) is 13.0. The van der Waals surface area contributed by atoms with Crippen LogP contribution in [0, 0.1) is 12.8 Å². The van der Waals surface area contributed by atoms with E-state index in [2.05, 4.69) is 17.5 Å². The van der Waals surface area contributed by atoms with Gasteiger partial charge in [0.15, 0.2) is 0 Å². The second kappa shape index (κ2) is 5.71. The van der Waals surface area contributed by atoms with Crippen LogP contribution >= 0.6 is 0 Å². The highest BCUT2D eigenvalue weighted by Crippen LogP contribution is 2.26. The first kappa shape index (κ1) is 12.7. The minimum atomic E-state index is 0.0513. The van der Waals surface area contributed by atoms with E-state index < -0.39 is 0 Å². The van der Waals surface area contributed by atoms with Crippen molar-refractivity contribution < 1.29 is 9.53 Å². The second-order valence-electron chi connectivity index (χ2n) is 4.72. The SMILES string of the molecule is COc1ccc(C)cc1NC(=O)C[C@@H]1C=CCC1. The molecule has 1 aliphatic rings. The Labute approximate surface area is 108 Å². The fourth-order valence-electron chi connectivity index (χ4n) is 2.22. The molecule has 1 N–H and O–H groups in total. The standard InChI is InChI=1S/C15H19NO2/c1-11-7-8-14(18-2)13(9-11)16-15(17)10-12-5-3-4-6-12/h3,5,7-9,12H,4,6,10H2,1-2H3,(H,16,17)/t12-/m1/s1. The molecule has 1 atom stereocenters. The Morgan fingerprint density at radius 3 is 3.00 bits per heavy atom. The molecule has 1 aromatic rings. The molecule has 3 heteroatoms. The van der Waals surface area contributed by atoms with E-state index in [-0.39, 0.29) is 5.91 Å². The van der Waals surface area contributed by atoms with Crippen molar-refractivity contribution >= 4 is 11.6 Å². The van der Waals surface area contributed by atoms with Gasteiger partial charge in [0, 0.05) is 6.42 Å². The molecular formula is C15H19NO2. The summed E-state index contributed by atoms with van der Waals surface area (Å²) in [5.74, 6) is 1.15. The number of nitrogens with one attached hydrogen (secondary N) is 1. The van der Waals surface area contributed by atoms with Gasteiger partial charge < -0.3 is 10.1 Å². The van der Waals surface area contributed by atoms with Crippen LogP contribution in [0.2, 0.25) is 0 Å². The Balaban J connectivity index is 2.01. The molecule has 0 fully saturated rings. The number of ether oxygens (including phenoxy) is 1. The summed E-state index contributed by atoms with van der Waals surface area (Å²) in [4.78, 5) is 11.9. The molecule has 1 aliphatic carbocycles. The third-order valence-corrected chi connectivity index (χ3v) is 3.19. The monoisotopic (exact) mass is 245 g/mol. The maximum Gasteiger partial charge on any atom is 0.225 e. The van der Waals surface area contributed by atoms with Gasteiger partial charge in [0.1, 0.15) is 5.75 Å². The van der Waals surface area contributed by atoms with Crippen molar-refractivity contribution in [3.05, 3.63) is 35.9 Å². The summed E-state index contributed by atoms with van der Waals surface area (Å²) < 4.78 is 5.24. The first-order chi connectivity index (χ1) is 8.69. The van der Waals surface area contributed by atoms with E-state index >= 15 is 0 Å². The fourth-order valence-corrected chi connectivity index (χ4v) is 2.22. The van der Waals surface area contributed by atoms with Gasteiger partial charge in [0.25, 0.3) is 0 Å². The van der Waals surface area contributed by atoms with Gasteiger partial charge in [-0.05, 0) is 43.4 Å². The van der Waals surface area contributed by atoms with Gasteiger partial charge >= 0.3 is 0 Å². The summed E-state index contributed by atoms with van der Waals surface area (Å²) in [6, 6.07) is 5.77. The Bertz CT molecular complexity index is 466. The van der Waals surface area contributed by atoms with Crippen LogP contribution in [-0.4, -0.2) is 13.0 Å². The van der Waals surface area contributed by atoms with E-state index in [1.165, 1.54) is 0 Å². The average Bonchev–Trinajstić information content (AvgIpc) is 2.82. The molecule has 1 aromatic carbocycles. The van der Waals surface area contributed by atoms with Gasteiger partial charge in [-0.3, -0.25) is 4.79 Å². The van der Waals surface area contributed by atoms with Crippen LogP contribution in [-0.2, 0) is 4.79 Å². The van der Waals surface area contributed by atoms with E-state index in [0.29, 0.717) is 18.1 Å². The van der Waals surface area contributed by atoms with Crippen LogP contribution in [0.3, 0.4) is 0 Å². The molecule has 0 spiro atoms. The molecule has 18 heavy (non-hydrogen) atoms. The predicted octanol–water partition coefficient (Wildman–Crippen LogP) is 3.30. The lowest BCUT2D eigenvalue weighted by Gasteiger charge is -2.12. The number of hydrogen-bond donors (Lipinski definition) is 1. The number of hydrogen-bond acceptors (Lipinski definition) is 2. The molecule has 0 aliphatic heterocycles. The molecule has 0 bridgehead atoms. The number of rotatable bonds is 4. The molecule has 2 rings (SSSR count). The molecule has 0 aromatic heterocycles. The minimum absolute atomic E-state index is 0.0513. The molecule has 0 heterocycles. The zero-order valence-electron chi connectivity index (χ0n) is 10.9. The van der Waals surface area contributed by atoms with E-state index in [4.69, 9.17) is 4.74 Å². The van der Waals surface area contributed by atoms with E-state index in [1.807, 2.05) is 25.1 Å². The van der Waals surface area contributed by atoms with Crippen molar-refractivity contribution in [2.75, 3.05) is 12.4 Å².